The summed E-state index contributed by atoms with van der Waals surface area (Å²) in [4.78, 5) is 20.9. The zero-order chi connectivity index (χ0) is 8.31. The molecular formula is C6H8Cl2O2. The summed E-state index contributed by atoms with van der Waals surface area (Å²) in [7, 11) is 0. The summed E-state index contributed by atoms with van der Waals surface area (Å²) in [6, 6.07) is 0. The van der Waals surface area contributed by atoms with Gasteiger partial charge in [-0.05, 0) is 23.2 Å². The Hall–Kier alpha value is -0.0800. The van der Waals surface area contributed by atoms with E-state index in [-0.39, 0.29) is 0 Å². The van der Waals surface area contributed by atoms with Crippen molar-refractivity contribution < 1.29 is 9.59 Å². The van der Waals surface area contributed by atoms with E-state index in [1.54, 1.807) is 13.8 Å². The summed E-state index contributed by atoms with van der Waals surface area (Å²) < 4.78 is 0. The van der Waals surface area contributed by atoms with Crippen molar-refractivity contribution in [1.82, 2.24) is 0 Å². The highest BCUT2D eigenvalue weighted by Crippen LogP contribution is 2.16. The SMILES string of the molecule is C[C@H](C(=O)Cl)[C@H](C)C(=O)Cl. The molecule has 2 atom stereocenters. The van der Waals surface area contributed by atoms with Crippen LogP contribution >= 0.6 is 23.2 Å². The molecule has 0 aliphatic heterocycles. The first-order valence-corrected chi connectivity index (χ1v) is 3.61. The van der Waals surface area contributed by atoms with E-state index in [9.17, 15) is 9.59 Å². The molecule has 2 nitrogen and oxygen atoms in total. The highest BCUT2D eigenvalue weighted by molar-refractivity contribution is 6.66. The Morgan fingerprint density at radius 1 is 1.00 bits per heavy atom. The third kappa shape index (κ3) is 2.67. The van der Waals surface area contributed by atoms with E-state index >= 15 is 0 Å². The van der Waals surface area contributed by atoms with Crippen molar-refractivity contribution in [3.8, 4) is 0 Å². The van der Waals surface area contributed by atoms with Gasteiger partial charge in [0.05, 0.1) is 0 Å². The van der Waals surface area contributed by atoms with Crippen molar-refractivity contribution >= 4 is 33.7 Å². The van der Waals surface area contributed by atoms with Gasteiger partial charge in [0.15, 0.2) is 0 Å². The van der Waals surface area contributed by atoms with E-state index in [1.807, 2.05) is 0 Å². The first-order chi connectivity index (χ1) is 4.46. The van der Waals surface area contributed by atoms with Gasteiger partial charge in [-0.2, -0.15) is 0 Å². The van der Waals surface area contributed by atoms with Crippen molar-refractivity contribution in [3.63, 3.8) is 0 Å². The lowest BCUT2D eigenvalue weighted by atomic mass is 9.99. The largest absolute Gasteiger partial charge is 0.281 e. The number of hydrogen-bond acceptors (Lipinski definition) is 2. The van der Waals surface area contributed by atoms with Gasteiger partial charge in [0, 0.05) is 11.8 Å². The standard InChI is InChI=1S/C6H8Cl2O2/c1-3(5(7)9)4(2)6(8)10/h3-4H,1-2H3/t3-,4-/m0/s1. The van der Waals surface area contributed by atoms with E-state index in [2.05, 4.69) is 0 Å². The van der Waals surface area contributed by atoms with Gasteiger partial charge in [0.25, 0.3) is 0 Å². The van der Waals surface area contributed by atoms with Crippen LogP contribution in [-0.4, -0.2) is 10.5 Å². The molecule has 58 valence electrons. The van der Waals surface area contributed by atoms with E-state index in [0.29, 0.717) is 0 Å². The first kappa shape index (κ1) is 9.92. The fourth-order valence-corrected chi connectivity index (χ4v) is 0.771. The maximum absolute atomic E-state index is 10.4. The van der Waals surface area contributed by atoms with Crippen LogP contribution in [0.1, 0.15) is 13.8 Å². The van der Waals surface area contributed by atoms with Gasteiger partial charge in [-0.25, -0.2) is 0 Å². The fraction of sp³-hybridized carbons (Fsp3) is 0.667. The zero-order valence-corrected chi connectivity index (χ0v) is 7.24. The molecule has 0 aromatic heterocycles. The molecule has 0 spiro atoms. The first-order valence-electron chi connectivity index (χ1n) is 2.85. The Kier molecular flexibility index (Phi) is 3.91. The second kappa shape index (κ2) is 3.94. The lowest BCUT2D eigenvalue weighted by molar-refractivity contribution is -0.122. The monoisotopic (exact) mass is 182 g/mol. The smallest absolute Gasteiger partial charge is 0.225 e. The van der Waals surface area contributed by atoms with Crippen LogP contribution in [0.4, 0.5) is 0 Å². The molecule has 0 aliphatic carbocycles. The van der Waals surface area contributed by atoms with E-state index < -0.39 is 22.3 Å². The predicted octanol–water partition coefficient (Wildman–Crippen LogP) is 1.79. The summed E-state index contributed by atoms with van der Waals surface area (Å²) in [5.74, 6) is -0.988. The molecule has 0 amide bonds. The van der Waals surface area contributed by atoms with Crippen molar-refractivity contribution in [2.75, 3.05) is 0 Å². The molecule has 0 fully saturated rings. The van der Waals surface area contributed by atoms with Crippen molar-refractivity contribution in [2.45, 2.75) is 13.8 Å². The van der Waals surface area contributed by atoms with Crippen molar-refractivity contribution in [1.29, 1.82) is 0 Å². The molecule has 0 aliphatic rings. The summed E-state index contributed by atoms with van der Waals surface area (Å²) >= 11 is 10.2. The second-order valence-corrected chi connectivity index (χ2v) is 2.93. The molecule has 0 saturated carbocycles. The Labute approximate surface area is 69.5 Å². The molecule has 0 heterocycles. The van der Waals surface area contributed by atoms with Crippen LogP contribution in [0.15, 0.2) is 0 Å². The molecule has 4 heteroatoms. The minimum absolute atomic E-state index is 0.494. The zero-order valence-electron chi connectivity index (χ0n) is 5.73. The van der Waals surface area contributed by atoms with Gasteiger partial charge in [-0.3, -0.25) is 9.59 Å². The average Bonchev–Trinajstić information content (AvgIpc) is 1.84. The van der Waals surface area contributed by atoms with Crippen LogP contribution in [-0.2, 0) is 9.59 Å². The topological polar surface area (TPSA) is 34.1 Å². The third-order valence-corrected chi connectivity index (χ3v) is 2.15. The number of rotatable bonds is 3. The van der Waals surface area contributed by atoms with Gasteiger partial charge in [-0.1, -0.05) is 13.8 Å². The minimum atomic E-state index is -0.526. The molecule has 0 rings (SSSR count). The van der Waals surface area contributed by atoms with Crippen molar-refractivity contribution in [3.05, 3.63) is 0 Å². The molecule has 0 radical (unpaired) electrons. The number of hydrogen-bond donors (Lipinski definition) is 0. The van der Waals surface area contributed by atoms with Gasteiger partial charge in [0.1, 0.15) is 0 Å². The predicted molar refractivity (Wildman–Crippen MR) is 40.0 cm³/mol. The normalized spacial score (nSPS) is 16.0. The molecule has 0 N–H and O–H groups in total. The lowest BCUT2D eigenvalue weighted by Crippen LogP contribution is -2.19. The fourth-order valence-electron chi connectivity index (χ4n) is 0.393. The van der Waals surface area contributed by atoms with Gasteiger partial charge < -0.3 is 0 Å². The Balaban J connectivity index is 4.07. The van der Waals surface area contributed by atoms with E-state index in [0.717, 1.165) is 0 Å². The molecule has 0 saturated heterocycles. The van der Waals surface area contributed by atoms with Crippen LogP contribution in [0.2, 0.25) is 0 Å². The summed E-state index contributed by atoms with van der Waals surface area (Å²) in [6.07, 6.45) is 0. The molecule has 0 bridgehead atoms. The van der Waals surface area contributed by atoms with Crippen LogP contribution in [0.25, 0.3) is 0 Å². The van der Waals surface area contributed by atoms with Crippen LogP contribution < -0.4 is 0 Å². The maximum Gasteiger partial charge on any atom is 0.225 e. The average molecular weight is 183 g/mol. The van der Waals surface area contributed by atoms with Gasteiger partial charge in [-0.15, -0.1) is 0 Å². The highest BCUT2D eigenvalue weighted by atomic mass is 35.5. The van der Waals surface area contributed by atoms with Crippen LogP contribution in [0.3, 0.4) is 0 Å². The van der Waals surface area contributed by atoms with Gasteiger partial charge in [0.2, 0.25) is 10.5 Å². The molecule has 0 aromatic carbocycles. The van der Waals surface area contributed by atoms with Gasteiger partial charge >= 0.3 is 0 Å². The van der Waals surface area contributed by atoms with Crippen LogP contribution in [0.5, 0.6) is 0 Å². The van der Waals surface area contributed by atoms with E-state index in [4.69, 9.17) is 23.2 Å². The minimum Gasteiger partial charge on any atom is -0.281 e. The Morgan fingerprint density at radius 3 is 1.30 bits per heavy atom. The number of halogens is 2. The lowest BCUT2D eigenvalue weighted by Gasteiger charge is -2.09. The molecule has 10 heavy (non-hydrogen) atoms. The maximum atomic E-state index is 10.4. The Morgan fingerprint density at radius 2 is 1.20 bits per heavy atom. The molecular weight excluding hydrogens is 175 g/mol. The second-order valence-electron chi connectivity index (χ2n) is 2.19. The Bertz CT molecular complexity index is 138. The summed E-state index contributed by atoms with van der Waals surface area (Å²) in [5.41, 5.74) is 0. The highest BCUT2D eigenvalue weighted by Gasteiger charge is 2.22. The quantitative estimate of drug-likeness (QED) is 0.625. The number of carbonyl (C=O) groups excluding carboxylic acids is 2. The molecule has 0 aromatic rings. The molecule has 0 unspecified atom stereocenters. The van der Waals surface area contributed by atoms with Crippen LogP contribution in [0, 0.1) is 11.8 Å². The van der Waals surface area contributed by atoms with E-state index in [1.165, 1.54) is 0 Å². The number of carbonyl (C=O) groups is 2. The third-order valence-electron chi connectivity index (χ3n) is 1.47. The summed E-state index contributed by atoms with van der Waals surface area (Å²) in [6.45, 7) is 3.14. The summed E-state index contributed by atoms with van der Waals surface area (Å²) in [5, 5.41) is -1.05. The van der Waals surface area contributed by atoms with Crippen molar-refractivity contribution in [2.24, 2.45) is 11.8 Å².